The average molecular weight is 203 g/mol. The van der Waals surface area contributed by atoms with Crippen LogP contribution in [0.25, 0.3) is 0 Å². The van der Waals surface area contributed by atoms with Gasteiger partial charge in [-0.05, 0) is 31.9 Å². The molecule has 0 fully saturated rings. The van der Waals surface area contributed by atoms with E-state index in [1.54, 1.807) is 32.0 Å². The van der Waals surface area contributed by atoms with E-state index in [-0.39, 0.29) is 5.78 Å². The lowest BCUT2D eigenvalue weighted by molar-refractivity contribution is 0.101. The third-order valence-electron chi connectivity index (χ3n) is 1.61. The van der Waals surface area contributed by atoms with Crippen LogP contribution in [0.4, 0.5) is 0 Å². The summed E-state index contributed by atoms with van der Waals surface area (Å²) in [6.07, 6.45) is 0. The van der Waals surface area contributed by atoms with E-state index in [1.165, 1.54) is 6.92 Å². The quantitative estimate of drug-likeness (QED) is 0.554. The predicted octanol–water partition coefficient (Wildman–Crippen LogP) is 1.41. The van der Waals surface area contributed by atoms with Crippen LogP contribution in [0.15, 0.2) is 18.2 Å². The van der Waals surface area contributed by atoms with Gasteiger partial charge in [0.05, 0.1) is 0 Å². The number of nitrogens with zero attached hydrogens (tertiary/aromatic N) is 1. The highest BCUT2D eigenvalue weighted by Gasteiger charge is 2.06. The highest BCUT2D eigenvalue weighted by molar-refractivity contribution is 5.92. The zero-order valence-electron chi connectivity index (χ0n) is 9.03. The Morgan fingerprint density at radius 2 is 2.13 bits per heavy atom. The topological polar surface area (TPSA) is 50.2 Å². The molecule has 1 rings (SSSR count). The Hall–Kier alpha value is -1.66. The molecule has 0 atom stereocenters. The first-order chi connectivity index (χ1) is 6.88. The second-order valence-electron chi connectivity index (χ2n) is 3.77. The normalized spacial score (nSPS) is 10.4. The minimum absolute atomic E-state index is 0.0955. The maximum atomic E-state index is 11.0. The Morgan fingerprint density at radius 3 is 2.67 bits per heavy atom. The minimum Gasteiger partial charge on any atom is -0.378 e. The molecule has 1 aromatic heterocycles. The molecular formula is C12H13NO2. The second kappa shape index (κ2) is 4.24. The van der Waals surface area contributed by atoms with E-state index in [9.17, 15) is 9.90 Å². The van der Waals surface area contributed by atoms with Crippen LogP contribution >= 0.6 is 0 Å². The predicted molar refractivity (Wildman–Crippen MR) is 57.4 cm³/mol. The Kier molecular flexibility index (Phi) is 3.23. The first-order valence-corrected chi connectivity index (χ1v) is 4.62. The Labute approximate surface area is 89.2 Å². The van der Waals surface area contributed by atoms with Crippen LogP contribution in [-0.4, -0.2) is 21.5 Å². The molecule has 0 saturated heterocycles. The maximum Gasteiger partial charge on any atom is 0.178 e. The fourth-order valence-electron chi connectivity index (χ4n) is 0.917. The van der Waals surface area contributed by atoms with Gasteiger partial charge in [0, 0.05) is 6.92 Å². The lowest BCUT2D eigenvalue weighted by atomic mass is 10.1. The van der Waals surface area contributed by atoms with E-state index in [1.807, 2.05) is 0 Å². The Balaban J connectivity index is 3.00. The van der Waals surface area contributed by atoms with Gasteiger partial charge in [0.2, 0.25) is 0 Å². The molecule has 1 heterocycles. The van der Waals surface area contributed by atoms with Crippen LogP contribution in [0.1, 0.15) is 37.0 Å². The summed E-state index contributed by atoms with van der Waals surface area (Å²) in [7, 11) is 0. The van der Waals surface area contributed by atoms with Crippen LogP contribution in [0.2, 0.25) is 0 Å². The third kappa shape index (κ3) is 3.92. The molecule has 0 unspecified atom stereocenters. The van der Waals surface area contributed by atoms with Crippen molar-refractivity contribution in [1.29, 1.82) is 0 Å². The average Bonchev–Trinajstić information content (AvgIpc) is 2.14. The first kappa shape index (κ1) is 11.4. The Bertz CT molecular complexity index is 433. The number of hydrogen-bond acceptors (Lipinski definition) is 3. The van der Waals surface area contributed by atoms with Gasteiger partial charge in [-0.3, -0.25) is 4.79 Å². The van der Waals surface area contributed by atoms with Gasteiger partial charge < -0.3 is 5.11 Å². The van der Waals surface area contributed by atoms with Crippen LogP contribution in [0, 0.1) is 11.8 Å². The summed E-state index contributed by atoms with van der Waals surface area (Å²) in [4.78, 5) is 15.1. The van der Waals surface area contributed by atoms with Crippen LogP contribution in [-0.2, 0) is 0 Å². The van der Waals surface area contributed by atoms with Crippen molar-refractivity contribution in [3.8, 4) is 11.8 Å². The fourth-order valence-corrected chi connectivity index (χ4v) is 0.917. The number of Topliss-reactive ketones (excluding diaryl/α,β-unsaturated/α-hetero) is 1. The van der Waals surface area contributed by atoms with Crippen molar-refractivity contribution < 1.29 is 9.90 Å². The van der Waals surface area contributed by atoms with Gasteiger partial charge in [0.25, 0.3) is 0 Å². The van der Waals surface area contributed by atoms with E-state index < -0.39 is 5.60 Å². The molecule has 3 nitrogen and oxygen atoms in total. The van der Waals surface area contributed by atoms with E-state index >= 15 is 0 Å². The zero-order valence-corrected chi connectivity index (χ0v) is 9.03. The van der Waals surface area contributed by atoms with E-state index in [0.717, 1.165) is 0 Å². The molecule has 15 heavy (non-hydrogen) atoms. The summed E-state index contributed by atoms with van der Waals surface area (Å²) < 4.78 is 0. The van der Waals surface area contributed by atoms with Gasteiger partial charge in [0.15, 0.2) is 5.78 Å². The van der Waals surface area contributed by atoms with Crippen LogP contribution < -0.4 is 0 Å². The van der Waals surface area contributed by atoms with Crippen molar-refractivity contribution in [2.45, 2.75) is 26.4 Å². The second-order valence-corrected chi connectivity index (χ2v) is 3.77. The molecule has 0 amide bonds. The summed E-state index contributed by atoms with van der Waals surface area (Å²) in [5, 5.41) is 9.39. The molecule has 0 aliphatic carbocycles. The highest BCUT2D eigenvalue weighted by Crippen LogP contribution is 2.01. The molecule has 1 aromatic rings. The molecule has 0 aliphatic heterocycles. The Morgan fingerprint density at radius 1 is 1.47 bits per heavy atom. The molecule has 1 N–H and O–H groups in total. The summed E-state index contributed by atoms with van der Waals surface area (Å²) in [6, 6.07) is 5.06. The largest absolute Gasteiger partial charge is 0.378 e. The van der Waals surface area contributed by atoms with Gasteiger partial charge in [-0.2, -0.15) is 0 Å². The smallest absolute Gasteiger partial charge is 0.178 e. The maximum absolute atomic E-state index is 11.0. The lowest BCUT2D eigenvalue weighted by Crippen LogP contribution is -2.14. The monoisotopic (exact) mass is 203 g/mol. The molecular weight excluding hydrogens is 190 g/mol. The SMILES string of the molecule is CC(=O)c1cccc(C#CC(C)(C)O)n1. The number of rotatable bonds is 1. The molecule has 0 spiro atoms. The van der Waals surface area contributed by atoms with Crippen molar-refractivity contribution in [3.05, 3.63) is 29.6 Å². The van der Waals surface area contributed by atoms with Crippen molar-refractivity contribution >= 4 is 5.78 Å². The first-order valence-electron chi connectivity index (χ1n) is 4.62. The summed E-state index contributed by atoms with van der Waals surface area (Å²) in [5.74, 6) is 5.26. The van der Waals surface area contributed by atoms with E-state index in [0.29, 0.717) is 11.4 Å². The van der Waals surface area contributed by atoms with Gasteiger partial charge in [-0.15, -0.1) is 0 Å². The minimum atomic E-state index is -1.05. The summed E-state index contributed by atoms with van der Waals surface area (Å²) in [5.41, 5.74) is -0.171. The van der Waals surface area contributed by atoms with Crippen LogP contribution in [0.5, 0.6) is 0 Å². The van der Waals surface area contributed by atoms with Gasteiger partial charge >= 0.3 is 0 Å². The van der Waals surface area contributed by atoms with Gasteiger partial charge in [-0.25, -0.2) is 4.98 Å². The van der Waals surface area contributed by atoms with Crippen molar-refractivity contribution in [1.82, 2.24) is 4.98 Å². The highest BCUT2D eigenvalue weighted by atomic mass is 16.3. The molecule has 0 radical (unpaired) electrons. The number of carbonyl (C=O) groups excluding carboxylic acids is 1. The molecule has 0 aliphatic rings. The standard InChI is InChI=1S/C12H13NO2/c1-9(14)11-6-4-5-10(13-11)7-8-12(2,3)15/h4-6,15H,1-3H3. The third-order valence-corrected chi connectivity index (χ3v) is 1.61. The number of aliphatic hydroxyl groups is 1. The van der Waals surface area contributed by atoms with E-state index in [4.69, 9.17) is 0 Å². The number of hydrogen-bond donors (Lipinski definition) is 1. The molecule has 0 bridgehead atoms. The summed E-state index contributed by atoms with van der Waals surface area (Å²) in [6.45, 7) is 4.64. The van der Waals surface area contributed by atoms with Crippen molar-refractivity contribution in [2.24, 2.45) is 0 Å². The molecule has 0 aromatic carbocycles. The molecule has 3 heteroatoms. The lowest BCUT2D eigenvalue weighted by Gasteiger charge is -2.05. The van der Waals surface area contributed by atoms with Gasteiger partial charge in [-0.1, -0.05) is 12.0 Å². The zero-order chi connectivity index (χ0) is 11.5. The number of carbonyl (C=O) groups is 1. The fraction of sp³-hybridized carbons (Fsp3) is 0.333. The van der Waals surface area contributed by atoms with E-state index in [2.05, 4.69) is 16.8 Å². The van der Waals surface area contributed by atoms with Crippen molar-refractivity contribution in [2.75, 3.05) is 0 Å². The number of ketones is 1. The number of aromatic nitrogens is 1. The molecule has 0 saturated carbocycles. The van der Waals surface area contributed by atoms with Crippen molar-refractivity contribution in [3.63, 3.8) is 0 Å². The summed E-state index contributed by atoms with van der Waals surface area (Å²) >= 11 is 0. The molecule has 78 valence electrons. The van der Waals surface area contributed by atoms with Crippen LogP contribution in [0.3, 0.4) is 0 Å². The van der Waals surface area contributed by atoms with Gasteiger partial charge in [0.1, 0.15) is 17.0 Å². The number of pyridine rings is 1.